The van der Waals surface area contributed by atoms with Gasteiger partial charge in [0, 0.05) is 18.6 Å². The molecule has 0 bridgehead atoms. The van der Waals surface area contributed by atoms with Gasteiger partial charge in [-0.25, -0.2) is 0 Å². The number of rotatable bonds is 6. The van der Waals surface area contributed by atoms with E-state index in [1.807, 2.05) is 0 Å². The van der Waals surface area contributed by atoms with E-state index in [4.69, 9.17) is 0 Å². The quantitative estimate of drug-likeness (QED) is 0.704. The number of likely N-dealkylation sites (tertiary alicyclic amines) is 1. The lowest BCUT2D eigenvalue weighted by atomic mass is 10.1. The Kier molecular flexibility index (Phi) is 5.49. The van der Waals surface area contributed by atoms with Gasteiger partial charge in [-0.1, -0.05) is 26.7 Å². The summed E-state index contributed by atoms with van der Waals surface area (Å²) in [5.74, 6) is 0. The topological polar surface area (TPSA) is 15.3 Å². The van der Waals surface area contributed by atoms with Gasteiger partial charge in [-0.05, 0) is 32.9 Å². The van der Waals surface area contributed by atoms with E-state index in [2.05, 4.69) is 31.1 Å². The molecule has 1 aliphatic heterocycles. The summed E-state index contributed by atoms with van der Waals surface area (Å²) in [5.41, 5.74) is 0. The fourth-order valence-corrected chi connectivity index (χ4v) is 2.26. The molecule has 0 aliphatic carbocycles. The maximum Gasteiger partial charge on any atom is 0.0209 e. The van der Waals surface area contributed by atoms with E-state index in [1.54, 1.807) is 0 Å². The molecule has 14 heavy (non-hydrogen) atoms. The number of unbranched alkanes of at least 4 members (excludes halogenated alkanes) is 1. The van der Waals surface area contributed by atoms with Crippen LogP contribution in [0, 0.1) is 0 Å². The van der Waals surface area contributed by atoms with Gasteiger partial charge in [-0.15, -0.1) is 0 Å². The van der Waals surface area contributed by atoms with E-state index in [0.29, 0.717) is 0 Å². The van der Waals surface area contributed by atoms with Crippen molar-refractivity contribution in [1.82, 2.24) is 10.2 Å². The van der Waals surface area contributed by atoms with Gasteiger partial charge in [0.25, 0.3) is 0 Å². The zero-order valence-electron chi connectivity index (χ0n) is 10.1. The maximum absolute atomic E-state index is 3.79. The summed E-state index contributed by atoms with van der Waals surface area (Å²) in [6.45, 7) is 7.08. The average molecular weight is 198 g/mol. The van der Waals surface area contributed by atoms with Gasteiger partial charge < -0.3 is 10.2 Å². The summed E-state index contributed by atoms with van der Waals surface area (Å²) < 4.78 is 0. The Bertz CT molecular complexity index is 147. The molecular weight excluding hydrogens is 172 g/mol. The van der Waals surface area contributed by atoms with E-state index in [9.17, 15) is 0 Å². The normalized spacial score (nSPS) is 25.5. The Labute approximate surface area is 89.1 Å². The van der Waals surface area contributed by atoms with Crippen molar-refractivity contribution in [1.29, 1.82) is 0 Å². The third-order valence-corrected chi connectivity index (χ3v) is 3.26. The van der Waals surface area contributed by atoms with Crippen molar-refractivity contribution < 1.29 is 0 Å². The molecule has 2 unspecified atom stereocenters. The number of likely N-dealkylation sites (N-methyl/N-ethyl adjacent to an activating group) is 1. The predicted molar refractivity (Wildman–Crippen MR) is 62.6 cm³/mol. The number of hydrogen-bond acceptors (Lipinski definition) is 2. The number of nitrogens with one attached hydrogen (secondary N) is 1. The first-order chi connectivity index (χ1) is 6.76. The molecule has 0 saturated carbocycles. The van der Waals surface area contributed by atoms with Crippen LogP contribution in [0.5, 0.6) is 0 Å². The van der Waals surface area contributed by atoms with Crippen molar-refractivity contribution in [3.63, 3.8) is 0 Å². The van der Waals surface area contributed by atoms with Crippen LogP contribution in [0.25, 0.3) is 0 Å². The van der Waals surface area contributed by atoms with Crippen LogP contribution in [0.1, 0.15) is 46.0 Å². The standard InChI is InChI=1S/C12H26N2/c1-4-6-7-11(5-2)13-12-8-9-14(3)10-12/h11-13H,4-10H2,1-3H3. The summed E-state index contributed by atoms with van der Waals surface area (Å²) in [5, 5.41) is 3.79. The van der Waals surface area contributed by atoms with Crippen molar-refractivity contribution >= 4 is 0 Å². The highest BCUT2D eigenvalue weighted by Gasteiger charge is 2.21. The minimum atomic E-state index is 0.752. The molecule has 0 radical (unpaired) electrons. The first kappa shape index (κ1) is 12.0. The molecule has 0 aromatic rings. The van der Waals surface area contributed by atoms with Gasteiger partial charge in [0.05, 0.1) is 0 Å². The van der Waals surface area contributed by atoms with Crippen molar-refractivity contribution in [3.05, 3.63) is 0 Å². The molecule has 2 nitrogen and oxygen atoms in total. The molecule has 0 aromatic heterocycles. The lowest BCUT2D eigenvalue weighted by Crippen LogP contribution is -2.39. The molecule has 1 aliphatic rings. The summed E-state index contributed by atoms with van der Waals surface area (Å²) in [7, 11) is 2.22. The van der Waals surface area contributed by atoms with Crippen molar-refractivity contribution in [2.45, 2.75) is 58.0 Å². The van der Waals surface area contributed by atoms with E-state index in [1.165, 1.54) is 45.2 Å². The molecule has 0 amide bonds. The number of hydrogen-bond donors (Lipinski definition) is 1. The summed E-state index contributed by atoms with van der Waals surface area (Å²) >= 11 is 0. The molecule has 2 heteroatoms. The highest BCUT2D eigenvalue weighted by Crippen LogP contribution is 2.11. The Balaban J connectivity index is 2.19. The Morgan fingerprint density at radius 2 is 2.21 bits per heavy atom. The van der Waals surface area contributed by atoms with Crippen LogP contribution >= 0.6 is 0 Å². The fraction of sp³-hybridized carbons (Fsp3) is 1.00. The largest absolute Gasteiger partial charge is 0.310 e. The summed E-state index contributed by atoms with van der Waals surface area (Å²) in [4.78, 5) is 2.42. The highest BCUT2D eigenvalue weighted by atomic mass is 15.2. The monoisotopic (exact) mass is 198 g/mol. The minimum absolute atomic E-state index is 0.752. The third-order valence-electron chi connectivity index (χ3n) is 3.26. The lowest BCUT2D eigenvalue weighted by molar-refractivity contribution is 0.364. The van der Waals surface area contributed by atoms with Gasteiger partial charge in [0.2, 0.25) is 0 Å². The second-order valence-electron chi connectivity index (χ2n) is 4.66. The summed E-state index contributed by atoms with van der Waals surface area (Å²) in [6.07, 6.45) is 6.66. The van der Waals surface area contributed by atoms with Crippen LogP contribution in [0.4, 0.5) is 0 Å². The van der Waals surface area contributed by atoms with E-state index in [-0.39, 0.29) is 0 Å². The van der Waals surface area contributed by atoms with Crippen molar-refractivity contribution in [3.8, 4) is 0 Å². The zero-order chi connectivity index (χ0) is 10.4. The second kappa shape index (κ2) is 6.41. The molecule has 2 atom stereocenters. The fourth-order valence-electron chi connectivity index (χ4n) is 2.26. The van der Waals surface area contributed by atoms with Gasteiger partial charge in [-0.3, -0.25) is 0 Å². The first-order valence-electron chi connectivity index (χ1n) is 6.20. The molecular formula is C12H26N2. The summed E-state index contributed by atoms with van der Waals surface area (Å²) in [6, 6.07) is 1.51. The third kappa shape index (κ3) is 3.97. The zero-order valence-corrected chi connectivity index (χ0v) is 10.1. The first-order valence-corrected chi connectivity index (χ1v) is 6.20. The van der Waals surface area contributed by atoms with Crippen LogP contribution in [0.15, 0.2) is 0 Å². The molecule has 84 valence electrons. The minimum Gasteiger partial charge on any atom is -0.310 e. The Morgan fingerprint density at radius 3 is 2.71 bits per heavy atom. The van der Waals surface area contributed by atoms with Gasteiger partial charge in [0.15, 0.2) is 0 Å². The lowest BCUT2D eigenvalue weighted by Gasteiger charge is -2.21. The highest BCUT2D eigenvalue weighted by molar-refractivity contribution is 4.81. The molecule has 1 rings (SSSR count). The van der Waals surface area contributed by atoms with Crippen LogP contribution < -0.4 is 5.32 Å². The van der Waals surface area contributed by atoms with Gasteiger partial charge in [0.1, 0.15) is 0 Å². The van der Waals surface area contributed by atoms with Gasteiger partial charge in [-0.2, -0.15) is 0 Å². The molecule has 1 saturated heterocycles. The molecule has 0 aromatic carbocycles. The second-order valence-corrected chi connectivity index (χ2v) is 4.66. The van der Waals surface area contributed by atoms with Crippen molar-refractivity contribution in [2.24, 2.45) is 0 Å². The van der Waals surface area contributed by atoms with E-state index < -0.39 is 0 Å². The van der Waals surface area contributed by atoms with Gasteiger partial charge >= 0.3 is 0 Å². The number of nitrogens with zero attached hydrogens (tertiary/aromatic N) is 1. The van der Waals surface area contributed by atoms with Crippen molar-refractivity contribution in [2.75, 3.05) is 20.1 Å². The molecule has 1 N–H and O–H groups in total. The smallest absolute Gasteiger partial charge is 0.0209 e. The average Bonchev–Trinajstić information content (AvgIpc) is 2.58. The molecule has 1 heterocycles. The van der Waals surface area contributed by atoms with Crippen LogP contribution in [-0.4, -0.2) is 37.1 Å². The van der Waals surface area contributed by atoms with Crippen LogP contribution in [-0.2, 0) is 0 Å². The van der Waals surface area contributed by atoms with E-state index in [0.717, 1.165) is 12.1 Å². The van der Waals surface area contributed by atoms with Crippen LogP contribution in [0.2, 0.25) is 0 Å². The Hall–Kier alpha value is -0.0800. The van der Waals surface area contributed by atoms with E-state index >= 15 is 0 Å². The molecule has 0 spiro atoms. The maximum atomic E-state index is 3.79. The van der Waals surface area contributed by atoms with Crippen LogP contribution in [0.3, 0.4) is 0 Å². The molecule has 1 fully saturated rings. The SMILES string of the molecule is CCCCC(CC)NC1CCN(C)C1. The Morgan fingerprint density at radius 1 is 1.43 bits per heavy atom. The predicted octanol–water partition coefficient (Wildman–Crippen LogP) is 2.25.